The molecular weight excluding hydrogens is 369 g/mol. The quantitative estimate of drug-likeness (QED) is 0.707. The number of nitrogens with one attached hydrogen (secondary N) is 1. The first-order chi connectivity index (χ1) is 13.3. The average Bonchev–Trinajstić information content (AvgIpc) is 2.68. The van der Waals surface area contributed by atoms with E-state index in [0.29, 0.717) is 12.4 Å². The van der Waals surface area contributed by atoms with Crippen LogP contribution in [0.3, 0.4) is 0 Å². The molecule has 0 saturated heterocycles. The van der Waals surface area contributed by atoms with Crippen LogP contribution in [-0.2, 0) is 12.7 Å². The van der Waals surface area contributed by atoms with Gasteiger partial charge in [0.25, 0.3) is 5.91 Å². The van der Waals surface area contributed by atoms with Crippen molar-refractivity contribution >= 4 is 17.4 Å². The molecule has 2 aromatic carbocycles. The van der Waals surface area contributed by atoms with E-state index in [4.69, 9.17) is 0 Å². The second-order valence-electron chi connectivity index (χ2n) is 6.15. The van der Waals surface area contributed by atoms with Crippen LogP contribution in [0, 0.1) is 0 Å². The van der Waals surface area contributed by atoms with Gasteiger partial charge >= 0.3 is 6.18 Å². The molecule has 0 spiro atoms. The zero-order valence-electron chi connectivity index (χ0n) is 14.9. The summed E-state index contributed by atoms with van der Waals surface area (Å²) in [5.74, 6) is 0.0412. The highest BCUT2D eigenvalue weighted by molar-refractivity contribution is 6.02. The lowest BCUT2D eigenvalue weighted by Gasteiger charge is -2.17. The smallest absolute Gasteiger partial charge is 0.354 e. The van der Waals surface area contributed by atoms with Gasteiger partial charge in [-0.2, -0.15) is 13.2 Å². The highest BCUT2D eigenvalue weighted by Gasteiger charge is 2.30. The third-order valence-electron chi connectivity index (χ3n) is 4.01. The summed E-state index contributed by atoms with van der Waals surface area (Å²) >= 11 is 0. The summed E-state index contributed by atoms with van der Waals surface area (Å²) in [4.78, 5) is 14.1. The Balaban J connectivity index is 1.63. The monoisotopic (exact) mass is 386 g/mol. The average molecular weight is 386 g/mol. The lowest BCUT2D eigenvalue weighted by molar-refractivity contribution is -0.137. The zero-order chi connectivity index (χ0) is 20.1. The van der Waals surface area contributed by atoms with Gasteiger partial charge in [0.05, 0.1) is 5.56 Å². The Labute approximate surface area is 159 Å². The molecule has 1 aromatic heterocycles. The van der Waals surface area contributed by atoms with E-state index in [2.05, 4.69) is 15.5 Å². The first-order valence-corrected chi connectivity index (χ1v) is 8.40. The van der Waals surface area contributed by atoms with Crippen LogP contribution >= 0.6 is 0 Å². The predicted molar refractivity (Wildman–Crippen MR) is 100.0 cm³/mol. The van der Waals surface area contributed by atoms with Crippen molar-refractivity contribution in [2.24, 2.45) is 0 Å². The Morgan fingerprint density at radius 2 is 1.64 bits per heavy atom. The number of benzene rings is 2. The molecule has 0 fully saturated rings. The Hall–Kier alpha value is -3.42. The van der Waals surface area contributed by atoms with Gasteiger partial charge in [-0.3, -0.25) is 4.79 Å². The topological polar surface area (TPSA) is 58.1 Å². The van der Waals surface area contributed by atoms with Gasteiger partial charge in [-0.1, -0.05) is 30.3 Å². The van der Waals surface area contributed by atoms with Crippen molar-refractivity contribution in [3.05, 3.63) is 83.6 Å². The molecule has 144 valence electrons. The maximum absolute atomic E-state index is 12.6. The molecule has 8 heteroatoms. The predicted octanol–water partition coefficient (Wildman–Crippen LogP) is 4.38. The van der Waals surface area contributed by atoms with E-state index in [1.807, 2.05) is 42.3 Å². The van der Waals surface area contributed by atoms with E-state index in [1.165, 1.54) is 18.2 Å². The van der Waals surface area contributed by atoms with Crippen LogP contribution in [0.15, 0.2) is 66.7 Å². The van der Waals surface area contributed by atoms with Crippen molar-refractivity contribution in [2.75, 3.05) is 17.3 Å². The highest BCUT2D eigenvalue weighted by atomic mass is 19.4. The van der Waals surface area contributed by atoms with Gasteiger partial charge in [-0.15, -0.1) is 10.2 Å². The molecule has 0 saturated carbocycles. The third kappa shape index (κ3) is 4.85. The van der Waals surface area contributed by atoms with E-state index < -0.39 is 17.6 Å². The Bertz CT molecular complexity index is 926. The molecule has 0 aliphatic rings. The van der Waals surface area contributed by atoms with Crippen LogP contribution in [0.4, 0.5) is 24.7 Å². The second-order valence-corrected chi connectivity index (χ2v) is 6.15. The molecule has 3 aromatic rings. The number of halogens is 3. The summed E-state index contributed by atoms with van der Waals surface area (Å²) in [6.45, 7) is 0.632. The van der Waals surface area contributed by atoms with E-state index in [0.717, 1.165) is 17.7 Å². The molecule has 0 aliphatic heterocycles. The van der Waals surface area contributed by atoms with Gasteiger partial charge in [-0.05, 0) is 42.0 Å². The minimum absolute atomic E-state index is 0.0664. The fourth-order valence-electron chi connectivity index (χ4n) is 2.53. The minimum Gasteiger partial charge on any atom is -0.354 e. The molecule has 0 aliphatic carbocycles. The second kappa shape index (κ2) is 8.08. The number of alkyl halides is 3. The molecule has 0 bridgehead atoms. The first-order valence-electron chi connectivity index (χ1n) is 8.40. The van der Waals surface area contributed by atoms with E-state index in [1.54, 1.807) is 6.07 Å². The number of hydrogen-bond acceptors (Lipinski definition) is 4. The fraction of sp³-hybridized carbons (Fsp3) is 0.150. The van der Waals surface area contributed by atoms with Gasteiger partial charge in [0, 0.05) is 19.3 Å². The number of anilines is 2. The number of amides is 1. The normalized spacial score (nSPS) is 11.1. The number of nitrogens with zero attached hydrogens (tertiary/aromatic N) is 3. The van der Waals surface area contributed by atoms with Gasteiger partial charge in [0.2, 0.25) is 0 Å². The molecule has 0 unspecified atom stereocenters. The highest BCUT2D eigenvalue weighted by Crippen LogP contribution is 2.29. The molecule has 28 heavy (non-hydrogen) atoms. The van der Waals surface area contributed by atoms with Gasteiger partial charge < -0.3 is 10.2 Å². The lowest BCUT2D eigenvalue weighted by Crippen LogP contribution is -2.20. The number of carbonyl (C=O) groups excluding carboxylic acids is 1. The largest absolute Gasteiger partial charge is 0.416 e. The van der Waals surface area contributed by atoms with Crippen LogP contribution in [0.5, 0.6) is 0 Å². The fourth-order valence-corrected chi connectivity index (χ4v) is 2.53. The molecule has 3 rings (SSSR count). The molecular formula is C20H17F3N4O. The Morgan fingerprint density at radius 1 is 0.964 bits per heavy atom. The lowest BCUT2D eigenvalue weighted by atomic mass is 10.2. The third-order valence-corrected chi connectivity index (χ3v) is 4.01. The first kappa shape index (κ1) is 19.3. The van der Waals surface area contributed by atoms with Crippen LogP contribution in [0.25, 0.3) is 0 Å². The van der Waals surface area contributed by atoms with Crippen molar-refractivity contribution in [2.45, 2.75) is 12.7 Å². The summed E-state index contributed by atoms with van der Waals surface area (Å²) in [5.41, 5.74) is 0.633. The van der Waals surface area contributed by atoms with Gasteiger partial charge in [0.15, 0.2) is 11.5 Å². The molecule has 1 amide bonds. The Kier molecular flexibility index (Phi) is 5.58. The maximum Gasteiger partial charge on any atom is 0.416 e. The molecule has 0 atom stereocenters. The van der Waals surface area contributed by atoms with Crippen molar-refractivity contribution in [1.29, 1.82) is 0 Å². The number of carbonyl (C=O) groups is 1. The summed E-state index contributed by atoms with van der Waals surface area (Å²) in [6, 6.07) is 17.2. The van der Waals surface area contributed by atoms with Crippen molar-refractivity contribution in [3.8, 4) is 0 Å². The standard InChI is InChI=1S/C20H17F3N4O/c1-27(13-14-5-3-2-4-6-14)18-12-11-17(25-26-18)19(28)24-16-9-7-15(8-10-16)20(21,22)23/h2-12H,13H2,1H3,(H,24,28). The summed E-state index contributed by atoms with van der Waals surface area (Å²) in [5, 5.41) is 10.5. The summed E-state index contributed by atoms with van der Waals surface area (Å²) in [7, 11) is 1.86. The van der Waals surface area contributed by atoms with Crippen molar-refractivity contribution in [1.82, 2.24) is 10.2 Å². The van der Waals surface area contributed by atoms with E-state index >= 15 is 0 Å². The van der Waals surface area contributed by atoms with Crippen LogP contribution in [0.2, 0.25) is 0 Å². The van der Waals surface area contributed by atoms with Crippen LogP contribution in [-0.4, -0.2) is 23.2 Å². The van der Waals surface area contributed by atoms with E-state index in [9.17, 15) is 18.0 Å². The molecule has 0 radical (unpaired) electrons. The van der Waals surface area contributed by atoms with Crippen LogP contribution < -0.4 is 10.2 Å². The number of aromatic nitrogens is 2. The zero-order valence-corrected chi connectivity index (χ0v) is 14.9. The minimum atomic E-state index is -4.42. The van der Waals surface area contributed by atoms with Gasteiger partial charge in [0.1, 0.15) is 0 Å². The van der Waals surface area contributed by atoms with Crippen LogP contribution in [0.1, 0.15) is 21.6 Å². The molecule has 1 N–H and O–H groups in total. The SMILES string of the molecule is CN(Cc1ccccc1)c1ccc(C(=O)Nc2ccc(C(F)(F)F)cc2)nn1. The Morgan fingerprint density at radius 3 is 2.21 bits per heavy atom. The summed E-state index contributed by atoms with van der Waals surface area (Å²) < 4.78 is 37.7. The number of hydrogen-bond donors (Lipinski definition) is 1. The molecule has 1 heterocycles. The molecule has 5 nitrogen and oxygen atoms in total. The summed E-state index contributed by atoms with van der Waals surface area (Å²) in [6.07, 6.45) is -4.42. The van der Waals surface area contributed by atoms with Crippen molar-refractivity contribution in [3.63, 3.8) is 0 Å². The van der Waals surface area contributed by atoms with E-state index in [-0.39, 0.29) is 11.4 Å². The van der Waals surface area contributed by atoms with Crippen molar-refractivity contribution < 1.29 is 18.0 Å². The maximum atomic E-state index is 12.6. The van der Waals surface area contributed by atoms with Gasteiger partial charge in [-0.25, -0.2) is 0 Å². The number of rotatable bonds is 5.